The van der Waals surface area contributed by atoms with E-state index < -0.39 is 16.1 Å². The minimum absolute atomic E-state index is 0.0525. The molecule has 0 aliphatic carbocycles. The zero-order valence-electron chi connectivity index (χ0n) is 12.3. The molecule has 0 amide bonds. The average Bonchev–Trinajstić information content (AvgIpc) is 2.33. The molecule has 1 aromatic rings. The van der Waals surface area contributed by atoms with Crippen molar-refractivity contribution >= 4 is 10.0 Å². The van der Waals surface area contributed by atoms with Gasteiger partial charge >= 0.3 is 0 Å². The summed E-state index contributed by atoms with van der Waals surface area (Å²) in [6.45, 7) is 6.13. The van der Waals surface area contributed by atoms with Gasteiger partial charge in [0.05, 0.1) is 18.5 Å². The van der Waals surface area contributed by atoms with E-state index in [0.29, 0.717) is 6.54 Å². The first-order valence-electron chi connectivity index (χ1n) is 6.60. The highest BCUT2D eigenvalue weighted by molar-refractivity contribution is 7.88. The molecule has 6 heteroatoms. The SMILES string of the molecule is CCN(CC(OC(C)C)c1ccc(F)cc1)S(C)(=O)=O. The van der Waals surface area contributed by atoms with Gasteiger partial charge in [0, 0.05) is 13.1 Å². The summed E-state index contributed by atoms with van der Waals surface area (Å²) in [6.07, 6.45) is 0.710. The first kappa shape index (κ1) is 17.1. The summed E-state index contributed by atoms with van der Waals surface area (Å²) in [7, 11) is -3.28. The number of halogens is 1. The lowest BCUT2D eigenvalue weighted by molar-refractivity contribution is -0.00233. The number of nitrogens with zero attached hydrogens (tertiary/aromatic N) is 1. The highest BCUT2D eigenvalue weighted by atomic mass is 32.2. The van der Waals surface area contributed by atoms with Gasteiger partial charge in [0.1, 0.15) is 5.82 Å². The molecule has 1 atom stereocenters. The molecule has 1 aromatic carbocycles. The molecule has 0 aliphatic rings. The van der Waals surface area contributed by atoms with Gasteiger partial charge < -0.3 is 4.74 Å². The van der Waals surface area contributed by atoms with Crippen molar-refractivity contribution in [1.82, 2.24) is 4.31 Å². The topological polar surface area (TPSA) is 46.6 Å². The summed E-state index contributed by atoms with van der Waals surface area (Å²) in [4.78, 5) is 0. The van der Waals surface area contributed by atoms with Crippen LogP contribution in [0.25, 0.3) is 0 Å². The number of likely N-dealkylation sites (N-methyl/N-ethyl adjacent to an activating group) is 1. The molecule has 0 fully saturated rings. The van der Waals surface area contributed by atoms with Crippen molar-refractivity contribution < 1.29 is 17.5 Å². The summed E-state index contributed by atoms with van der Waals surface area (Å²) in [5.41, 5.74) is 0.766. The zero-order valence-corrected chi connectivity index (χ0v) is 13.2. The Balaban J connectivity index is 2.97. The fraction of sp³-hybridized carbons (Fsp3) is 0.571. The monoisotopic (exact) mass is 303 g/mol. The summed E-state index contributed by atoms with van der Waals surface area (Å²) in [6, 6.07) is 5.95. The highest BCUT2D eigenvalue weighted by Gasteiger charge is 2.22. The molecule has 4 nitrogen and oxygen atoms in total. The van der Waals surface area contributed by atoms with Gasteiger partial charge in [0.25, 0.3) is 0 Å². The minimum atomic E-state index is -3.28. The number of benzene rings is 1. The van der Waals surface area contributed by atoms with Crippen LogP contribution in [0.4, 0.5) is 4.39 Å². The maximum Gasteiger partial charge on any atom is 0.211 e. The molecular formula is C14H22FNO3S. The third kappa shape index (κ3) is 5.19. The van der Waals surface area contributed by atoms with E-state index in [1.54, 1.807) is 19.1 Å². The van der Waals surface area contributed by atoms with Gasteiger partial charge in [-0.2, -0.15) is 4.31 Å². The van der Waals surface area contributed by atoms with Crippen LogP contribution < -0.4 is 0 Å². The summed E-state index contributed by atoms with van der Waals surface area (Å²) < 4.78 is 43.5. The van der Waals surface area contributed by atoms with Crippen molar-refractivity contribution in [1.29, 1.82) is 0 Å². The molecule has 0 bridgehead atoms. The predicted octanol–water partition coefficient (Wildman–Crippen LogP) is 2.57. The lowest BCUT2D eigenvalue weighted by Crippen LogP contribution is -2.35. The first-order chi connectivity index (χ1) is 9.24. The molecule has 1 rings (SSSR count). The van der Waals surface area contributed by atoms with E-state index >= 15 is 0 Å². The van der Waals surface area contributed by atoms with Crippen LogP contribution >= 0.6 is 0 Å². The average molecular weight is 303 g/mol. The van der Waals surface area contributed by atoms with E-state index in [1.807, 2.05) is 13.8 Å². The van der Waals surface area contributed by atoms with Crippen molar-refractivity contribution in [2.75, 3.05) is 19.3 Å². The quantitative estimate of drug-likeness (QED) is 0.778. The predicted molar refractivity (Wildman–Crippen MR) is 77.5 cm³/mol. The largest absolute Gasteiger partial charge is 0.369 e. The molecule has 0 N–H and O–H groups in total. The lowest BCUT2D eigenvalue weighted by atomic mass is 10.1. The van der Waals surface area contributed by atoms with Crippen molar-refractivity contribution in [2.24, 2.45) is 0 Å². The standard InChI is InChI=1S/C14H22FNO3S/c1-5-16(20(4,17)18)10-14(19-11(2)3)12-6-8-13(15)9-7-12/h6-9,11,14H,5,10H2,1-4H3. The van der Waals surface area contributed by atoms with Gasteiger partial charge in [-0.25, -0.2) is 12.8 Å². The second kappa shape index (κ2) is 7.15. The van der Waals surface area contributed by atoms with Crippen LogP contribution in [0.1, 0.15) is 32.4 Å². The van der Waals surface area contributed by atoms with E-state index in [9.17, 15) is 12.8 Å². The van der Waals surface area contributed by atoms with E-state index in [0.717, 1.165) is 5.56 Å². The Bertz CT molecular complexity index is 514. The Morgan fingerprint density at radius 3 is 2.20 bits per heavy atom. The first-order valence-corrected chi connectivity index (χ1v) is 8.45. The Kier molecular flexibility index (Phi) is 6.10. The van der Waals surface area contributed by atoms with Gasteiger partial charge in [0.2, 0.25) is 10.0 Å². The van der Waals surface area contributed by atoms with Gasteiger partial charge in [-0.15, -0.1) is 0 Å². The van der Waals surface area contributed by atoms with Gasteiger partial charge in [-0.3, -0.25) is 0 Å². The van der Waals surface area contributed by atoms with Crippen LogP contribution in [0.15, 0.2) is 24.3 Å². The van der Waals surface area contributed by atoms with Crippen LogP contribution in [0, 0.1) is 5.82 Å². The van der Waals surface area contributed by atoms with Gasteiger partial charge in [-0.1, -0.05) is 19.1 Å². The maximum absolute atomic E-state index is 13.0. The summed E-state index contributed by atoms with van der Waals surface area (Å²) >= 11 is 0. The maximum atomic E-state index is 13.0. The molecule has 0 radical (unpaired) electrons. The molecule has 0 heterocycles. The smallest absolute Gasteiger partial charge is 0.211 e. The molecular weight excluding hydrogens is 281 g/mol. The number of hydrogen-bond acceptors (Lipinski definition) is 3. The van der Waals surface area contributed by atoms with Crippen molar-refractivity contribution in [2.45, 2.75) is 33.0 Å². The van der Waals surface area contributed by atoms with Crippen molar-refractivity contribution in [3.8, 4) is 0 Å². The van der Waals surface area contributed by atoms with E-state index in [2.05, 4.69) is 0 Å². The Morgan fingerprint density at radius 1 is 1.25 bits per heavy atom. The second-order valence-corrected chi connectivity index (χ2v) is 6.92. The third-order valence-corrected chi connectivity index (χ3v) is 4.21. The summed E-state index contributed by atoms with van der Waals surface area (Å²) in [5, 5.41) is 0. The number of hydrogen-bond donors (Lipinski definition) is 0. The van der Waals surface area contributed by atoms with Gasteiger partial charge in [0.15, 0.2) is 0 Å². The number of rotatable bonds is 7. The van der Waals surface area contributed by atoms with Crippen LogP contribution in [0.5, 0.6) is 0 Å². The fourth-order valence-electron chi connectivity index (χ4n) is 1.92. The normalized spacial score (nSPS) is 13.9. The van der Waals surface area contributed by atoms with E-state index in [-0.39, 0.29) is 18.5 Å². The molecule has 0 aromatic heterocycles. The number of ether oxygens (including phenoxy) is 1. The zero-order chi connectivity index (χ0) is 15.3. The van der Waals surface area contributed by atoms with Crippen LogP contribution in [-0.2, 0) is 14.8 Å². The van der Waals surface area contributed by atoms with Crippen molar-refractivity contribution in [3.05, 3.63) is 35.6 Å². The Morgan fingerprint density at radius 2 is 1.80 bits per heavy atom. The van der Waals surface area contributed by atoms with Crippen molar-refractivity contribution in [3.63, 3.8) is 0 Å². The Hall–Kier alpha value is -0.980. The molecule has 0 saturated heterocycles. The van der Waals surface area contributed by atoms with E-state index in [1.165, 1.54) is 22.7 Å². The lowest BCUT2D eigenvalue weighted by Gasteiger charge is -2.26. The Labute approximate surface area is 120 Å². The van der Waals surface area contributed by atoms with Crippen LogP contribution in [0.3, 0.4) is 0 Å². The van der Waals surface area contributed by atoms with E-state index in [4.69, 9.17) is 4.74 Å². The molecule has 1 unspecified atom stereocenters. The fourth-order valence-corrected chi connectivity index (χ4v) is 2.79. The minimum Gasteiger partial charge on any atom is -0.369 e. The molecule has 20 heavy (non-hydrogen) atoms. The molecule has 0 spiro atoms. The van der Waals surface area contributed by atoms with Gasteiger partial charge in [-0.05, 0) is 31.5 Å². The molecule has 114 valence electrons. The number of sulfonamides is 1. The van der Waals surface area contributed by atoms with Crippen LogP contribution in [0.2, 0.25) is 0 Å². The summed E-state index contributed by atoms with van der Waals surface area (Å²) in [5.74, 6) is -0.326. The third-order valence-electron chi connectivity index (χ3n) is 2.87. The molecule has 0 aliphatic heterocycles. The second-order valence-electron chi connectivity index (χ2n) is 4.94. The molecule has 0 saturated carbocycles. The van der Waals surface area contributed by atoms with Crippen LogP contribution in [-0.4, -0.2) is 38.2 Å². The highest BCUT2D eigenvalue weighted by Crippen LogP contribution is 2.22.